The number of anilines is 2. The first-order valence-corrected chi connectivity index (χ1v) is 6.09. The molecule has 0 bridgehead atoms. The molecule has 1 amide bonds. The second-order valence-electron chi connectivity index (χ2n) is 4.35. The van der Waals surface area contributed by atoms with Crippen LogP contribution in [0.2, 0.25) is 0 Å². The van der Waals surface area contributed by atoms with Gasteiger partial charge in [0, 0.05) is 11.3 Å². The number of benzene rings is 2. The molecular weight excluding hydrogens is 240 g/mol. The van der Waals surface area contributed by atoms with Gasteiger partial charge >= 0.3 is 0 Å². The lowest BCUT2D eigenvalue weighted by molar-refractivity contribution is -0.116. The van der Waals surface area contributed by atoms with Gasteiger partial charge in [0.1, 0.15) is 11.8 Å². The summed E-state index contributed by atoms with van der Waals surface area (Å²) in [6.45, 7) is 0. The highest BCUT2D eigenvalue weighted by atomic mass is 16.5. The summed E-state index contributed by atoms with van der Waals surface area (Å²) in [5.41, 5.74) is 2.63. The van der Waals surface area contributed by atoms with E-state index in [4.69, 9.17) is 4.74 Å². The fourth-order valence-electron chi connectivity index (χ4n) is 2.27. The monoisotopic (exact) mass is 254 g/mol. The van der Waals surface area contributed by atoms with Crippen LogP contribution in [-0.2, 0) is 4.79 Å². The molecule has 4 heteroatoms. The van der Waals surface area contributed by atoms with Gasteiger partial charge in [-0.1, -0.05) is 30.3 Å². The molecule has 0 aromatic heterocycles. The van der Waals surface area contributed by atoms with Crippen LogP contribution < -0.4 is 15.4 Å². The quantitative estimate of drug-likeness (QED) is 0.885. The Morgan fingerprint density at radius 3 is 2.68 bits per heavy atom. The molecular formula is C15H14N2O2. The van der Waals surface area contributed by atoms with E-state index in [1.807, 2.05) is 48.5 Å². The fraction of sp³-hybridized carbons (Fsp3) is 0.133. The molecule has 4 nitrogen and oxygen atoms in total. The highest BCUT2D eigenvalue weighted by Gasteiger charge is 2.30. The molecule has 0 spiro atoms. The molecule has 1 aliphatic heterocycles. The number of para-hydroxylation sites is 3. The van der Waals surface area contributed by atoms with Crippen molar-refractivity contribution in [3.63, 3.8) is 0 Å². The number of amides is 1. The van der Waals surface area contributed by atoms with E-state index in [0.717, 1.165) is 22.7 Å². The van der Waals surface area contributed by atoms with Crippen molar-refractivity contribution in [3.8, 4) is 5.75 Å². The highest BCUT2D eigenvalue weighted by molar-refractivity contribution is 6.04. The number of ether oxygens (including phenoxy) is 1. The second kappa shape index (κ2) is 4.65. The molecule has 1 heterocycles. The van der Waals surface area contributed by atoms with Crippen LogP contribution in [0.4, 0.5) is 11.4 Å². The first kappa shape index (κ1) is 11.6. The standard InChI is InChI=1S/C15H14N2O2/c1-19-13-9-5-4-8-12(13)16-14-10-6-2-3-7-11(10)17-15(14)18/h2-9,14,16H,1H3,(H,17,18). The molecule has 3 rings (SSSR count). The number of methoxy groups -OCH3 is 1. The zero-order valence-electron chi connectivity index (χ0n) is 10.5. The molecule has 0 aliphatic carbocycles. The number of nitrogens with one attached hydrogen (secondary N) is 2. The molecule has 2 aromatic rings. The topological polar surface area (TPSA) is 50.4 Å². The van der Waals surface area contributed by atoms with Crippen molar-refractivity contribution in [2.75, 3.05) is 17.7 Å². The van der Waals surface area contributed by atoms with Crippen LogP contribution in [0, 0.1) is 0 Å². The molecule has 1 unspecified atom stereocenters. The van der Waals surface area contributed by atoms with Gasteiger partial charge in [-0.25, -0.2) is 0 Å². The second-order valence-corrected chi connectivity index (χ2v) is 4.35. The Hall–Kier alpha value is -2.49. The molecule has 0 saturated heterocycles. The van der Waals surface area contributed by atoms with Gasteiger partial charge in [-0.3, -0.25) is 4.79 Å². The summed E-state index contributed by atoms with van der Waals surface area (Å²) in [5.74, 6) is 0.673. The third kappa shape index (κ3) is 2.01. The van der Waals surface area contributed by atoms with Crippen molar-refractivity contribution in [1.82, 2.24) is 0 Å². The minimum atomic E-state index is -0.382. The minimum Gasteiger partial charge on any atom is -0.495 e. The Kier molecular flexibility index (Phi) is 2.83. The van der Waals surface area contributed by atoms with E-state index in [0.29, 0.717) is 0 Å². The van der Waals surface area contributed by atoms with Crippen LogP contribution in [0.15, 0.2) is 48.5 Å². The van der Waals surface area contributed by atoms with Crippen LogP contribution in [0.5, 0.6) is 5.75 Å². The van der Waals surface area contributed by atoms with Gasteiger partial charge in [0.25, 0.3) is 5.91 Å². The fourth-order valence-corrected chi connectivity index (χ4v) is 2.27. The molecule has 96 valence electrons. The maximum atomic E-state index is 12.0. The first-order valence-electron chi connectivity index (χ1n) is 6.09. The number of carbonyl (C=O) groups is 1. The lowest BCUT2D eigenvalue weighted by Gasteiger charge is -2.15. The molecule has 0 fully saturated rings. The van der Waals surface area contributed by atoms with Gasteiger partial charge in [-0.05, 0) is 18.2 Å². The van der Waals surface area contributed by atoms with E-state index in [2.05, 4.69) is 10.6 Å². The Labute approximate surface area is 111 Å². The van der Waals surface area contributed by atoms with Crippen molar-refractivity contribution in [2.45, 2.75) is 6.04 Å². The first-order chi connectivity index (χ1) is 9.29. The summed E-state index contributed by atoms with van der Waals surface area (Å²) in [5, 5.41) is 6.09. The summed E-state index contributed by atoms with van der Waals surface area (Å²) in [6.07, 6.45) is 0. The van der Waals surface area contributed by atoms with Gasteiger partial charge in [0.05, 0.1) is 12.8 Å². The third-order valence-corrected chi connectivity index (χ3v) is 3.20. The van der Waals surface area contributed by atoms with Gasteiger partial charge in [0.2, 0.25) is 0 Å². The summed E-state index contributed by atoms with van der Waals surface area (Å²) in [6, 6.07) is 14.9. The third-order valence-electron chi connectivity index (χ3n) is 3.20. The number of carbonyl (C=O) groups excluding carboxylic acids is 1. The Balaban J connectivity index is 1.93. The van der Waals surface area contributed by atoms with Crippen LogP contribution >= 0.6 is 0 Å². The lowest BCUT2D eigenvalue weighted by Crippen LogP contribution is -2.19. The average Bonchev–Trinajstić information content (AvgIpc) is 2.76. The van der Waals surface area contributed by atoms with Crippen LogP contribution in [0.25, 0.3) is 0 Å². The average molecular weight is 254 g/mol. The van der Waals surface area contributed by atoms with Crippen LogP contribution in [0.1, 0.15) is 11.6 Å². The van der Waals surface area contributed by atoms with E-state index in [-0.39, 0.29) is 11.9 Å². The van der Waals surface area contributed by atoms with Crippen molar-refractivity contribution >= 4 is 17.3 Å². The van der Waals surface area contributed by atoms with E-state index < -0.39 is 0 Å². The van der Waals surface area contributed by atoms with Gasteiger partial charge in [-0.15, -0.1) is 0 Å². The normalized spacial score (nSPS) is 16.7. The van der Waals surface area contributed by atoms with E-state index >= 15 is 0 Å². The van der Waals surface area contributed by atoms with Crippen LogP contribution in [-0.4, -0.2) is 13.0 Å². The largest absolute Gasteiger partial charge is 0.495 e. The Morgan fingerprint density at radius 1 is 1.11 bits per heavy atom. The van der Waals surface area contributed by atoms with E-state index in [9.17, 15) is 4.79 Å². The predicted molar refractivity (Wildman–Crippen MR) is 74.4 cm³/mol. The molecule has 1 aliphatic rings. The van der Waals surface area contributed by atoms with E-state index in [1.54, 1.807) is 7.11 Å². The number of fused-ring (bicyclic) bond motifs is 1. The zero-order valence-corrected chi connectivity index (χ0v) is 10.5. The molecule has 1 atom stereocenters. The lowest BCUT2D eigenvalue weighted by atomic mass is 10.1. The summed E-state index contributed by atoms with van der Waals surface area (Å²) >= 11 is 0. The van der Waals surface area contributed by atoms with Crippen molar-refractivity contribution in [2.24, 2.45) is 0 Å². The van der Waals surface area contributed by atoms with Crippen molar-refractivity contribution in [3.05, 3.63) is 54.1 Å². The molecule has 0 saturated carbocycles. The molecule has 19 heavy (non-hydrogen) atoms. The Bertz CT molecular complexity index is 625. The number of hydrogen-bond donors (Lipinski definition) is 2. The smallest absolute Gasteiger partial charge is 0.251 e. The zero-order chi connectivity index (χ0) is 13.2. The van der Waals surface area contributed by atoms with Crippen molar-refractivity contribution < 1.29 is 9.53 Å². The van der Waals surface area contributed by atoms with Crippen LogP contribution in [0.3, 0.4) is 0 Å². The summed E-state index contributed by atoms with van der Waals surface area (Å²) < 4.78 is 5.28. The summed E-state index contributed by atoms with van der Waals surface area (Å²) in [4.78, 5) is 12.0. The summed E-state index contributed by atoms with van der Waals surface area (Å²) in [7, 11) is 1.61. The highest BCUT2D eigenvalue weighted by Crippen LogP contribution is 2.35. The minimum absolute atomic E-state index is 0.0490. The molecule has 0 radical (unpaired) electrons. The van der Waals surface area contributed by atoms with Crippen molar-refractivity contribution in [1.29, 1.82) is 0 Å². The maximum Gasteiger partial charge on any atom is 0.251 e. The Morgan fingerprint density at radius 2 is 1.84 bits per heavy atom. The molecule has 2 N–H and O–H groups in total. The molecule has 2 aromatic carbocycles. The maximum absolute atomic E-state index is 12.0. The van der Waals surface area contributed by atoms with Gasteiger partial charge < -0.3 is 15.4 Å². The van der Waals surface area contributed by atoms with E-state index in [1.165, 1.54) is 0 Å². The SMILES string of the molecule is COc1ccccc1NC1C(=O)Nc2ccccc21. The number of hydrogen-bond acceptors (Lipinski definition) is 3. The van der Waals surface area contributed by atoms with Gasteiger partial charge in [-0.2, -0.15) is 0 Å². The van der Waals surface area contributed by atoms with Gasteiger partial charge in [0.15, 0.2) is 0 Å². The number of rotatable bonds is 3. The predicted octanol–water partition coefficient (Wildman–Crippen LogP) is 2.80.